The molecular formula is C16H28N4. The van der Waals surface area contributed by atoms with Gasteiger partial charge in [0.2, 0.25) is 0 Å². The summed E-state index contributed by atoms with van der Waals surface area (Å²) in [4.78, 5) is 9.07. The second kappa shape index (κ2) is 6.91. The van der Waals surface area contributed by atoms with Crippen LogP contribution in [0.25, 0.3) is 0 Å². The maximum atomic E-state index is 6.03. The zero-order chi connectivity index (χ0) is 14.5. The van der Waals surface area contributed by atoms with E-state index in [9.17, 15) is 0 Å². The molecule has 20 heavy (non-hydrogen) atoms. The van der Waals surface area contributed by atoms with Crippen molar-refractivity contribution in [2.45, 2.75) is 71.8 Å². The van der Waals surface area contributed by atoms with Crippen LogP contribution in [0.5, 0.6) is 0 Å². The Morgan fingerprint density at radius 1 is 1.20 bits per heavy atom. The fourth-order valence-electron chi connectivity index (χ4n) is 3.12. The molecule has 2 unspecified atom stereocenters. The van der Waals surface area contributed by atoms with E-state index in [0.717, 1.165) is 36.0 Å². The molecule has 0 spiro atoms. The van der Waals surface area contributed by atoms with Crippen LogP contribution in [0.4, 0.5) is 11.6 Å². The van der Waals surface area contributed by atoms with Gasteiger partial charge in [-0.2, -0.15) is 0 Å². The van der Waals surface area contributed by atoms with Gasteiger partial charge in [0.1, 0.15) is 17.5 Å². The van der Waals surface area contributed by atoms with Crippen molar-refractivity contribution in [1.82, 2.24) is 9.97 Å². The molecule has 2 rings (SSSR count). The highest BCUT2D eigenvalue weighted by atomic mass is 15.1. The van der Waals surface area contributed by atoms with Crippen LogP contribution in [0, 0.1) is 12.8 Å². The lowest BCUT2D eigenvalue weighted by Gasteiger charge is -2.32. The molecule has 1 aliphatic rings. The summed E-state index contributed by atoms with van der Waals surface area (Å²) in [6.45, 7) is 6.44. The lowest BCUT2D eigenvalue weighted by atomic mass is 9.83. The zero-order valence-electron chi connectivity index (χ0n) is 13.1. The molecule has 1 aliphatic carbocycles. The standard InChI is InChI=1S/C16H28N4/c1-4-8-14-19-15(17)11(3)16(20-14)18-13-10-7-6-9-12(13)5-2/h12-13H,4-10H2,1-3H3,(H3,17,18,19,20). The van der Waals surface area contributed by atoms with E-state index in [1.165, 1.54) is 32.1 Å². The van der Waals surface area contributed by atoms with Gasteiger partial charge >= 0.3 is 0 Å². The number of anilines is 2. The van der Waals surface area contributed by atoms with E-state index in [-0.39, 0.29) is 0 Å². The minimum atomic E-state index is 0.538. The van der Waals surface area contributed by atoms with Gasteiger partial charge in [0, 0.05) is 18.0 Å². The Labute approximate surface area is 122 Å². The molecule has 0 saturated heterocycles. The average molecular weight is 276 g/mol. The van der Waals surface area contributed by atoms with E-state index in [4.69, 9.17) is 5.73 Å². The molecule has 2 atom stereocenters. The number of hydrogen-bond donors (Lipinski definition) is 2. The number of aromatic nitrogens is 2. The molecule has 1 heterocycles. The Balaban J connectivity index is 2.18. The smallest absolute Gasteiger partial charge is 0.134 e. The normalized spacial score (nSPS) is 22.8. The number of nitrogens with two attached hydrogens (primary N) is 1. The van der Waals surface area contributed by atoms with Crippen molar-refractivity contribution in [2.24, 2.45) is 5.92 Å². The maximum Gasteiger partial charge on any atom is 0.134 e. The first-order valence-corrected chi connectivity index (χ1v) is 8.05. The van der Waals surface area contributed by atoms with Gasteiger partial charge < -0.3 is 11.1 Å². The van der Waals surface area contributed by atoms with Crippen LogP contribution in [0.15, 0.2) is 0 Å². The van der Waals surface area contributed by atoms with Gasteiger partial charge in [0.15, 0.2) is 0 Å². The van der Waals surface area contributed by atoms with Gasteiger partial charge in [0.05, 0.1) is 0 Å². The summed E-state index contributed by atoms with van der Waals surface area (Å²) in [7, 11) is 0. The molecule has 4 heteroatoms. The van der Waals surface area contributed by atoms with Crippen molar-refractivity contribution in [3.05, 3.63) is 11.4 Å². The Hall–Kier alpha value is -1.32. The first kappa shape index (κ1) is 15.1. The summed E-state index contributed by atoms with van der Waals surface area (Å²) in [6.07, 6.45) is 8.42. The third-order valence-corrected chi connectivity index (χ3v) is 4.46. The highest BCUT2D eigenvalue weighted by Gasteiger charge is 2.24. The average Bonchev–Trinajstić information content (AvgIpc) is 2.45. The van der Waals surface area contributed by atoms with Crippen molar-refractivity contribution >= 4 is 11.6 Å². The molecule has 0 aromatic carbocycles. The van der Waals surface area contributed by atoms with Crippen molar-refractivity contribution in [3.63, 3.8) is 0 Å². The van der Waals surface area contributed by atoms with Gasteiger partial charge in [-0.1, -0.05) is 33.1 Å². The summed E-state index contributed by atoms with van der Waals surface area (Å²) in [5, 5.41) is 3.66. The summed E-state index contributed by atoms with van der Waals surface area (Å²) in [6, 6.07) is 0.538. The molecule has 0 aliphatic heterocycles. The zero-order valence-corrected chi connectivity index (χ0v) is 13.1. The van der Waals surface area contributed by atoms with E-state index in [0.29, 0.717) is 11.9 Å². The Bertz CT molecular complexity index is 444. The van der Waals surface area contributed by atoms with Gasteiger partial charge in [0.25, 0.3) is 0 Å². The van der Waals surface area contributed by atoms with Crippen LogP contribution in [0.1, 0.15) is 63.8 Å². The van der Waals surface area contributed by atoms with Crippen molar-refractivity contribution in [1.29, 1.82) is 0 Å². The minimum absolute atomic E-state index is 0.538. The number of nitrogen functional groups attached to an aromatic ring is 1. The Morgan fingerprint density at radius 3 is 2.65 bits per heavy atom. The topological polar surface area (TPSA) is 63.8 Å². The Morgan fingerprint density at radius 2 is 1.95 bits per heavy atom. The molecule has 0 bridgehead atoms. The number of nitrogens with one attached hydrogen (secondary N) is 1. The summed E-state index contributed by atoms with van der Waals surface area (Å²) in [5.74, 6) is 3.19. The molecule has 112 valence electrons. The predicted molar refractivity (Wildman–Crippen MR) is 84.8 cm³/mol. The summed E-state index contributed by atoms with van der Waals surface area (Å²) >= 11 is 0. The molecule has 0 amide bonds. The Kier molecular flexibility index (Phi) is 5.21. The first-order valence-electron chi connectivity index (χ1n) is 8.05. The summed E-state index contributed by atoms with van der Waals surface area (Å²) in [5.41, 5.74) is 7.02. The van der Waals surface area contributed by atoms with Gasteiger partial charge in [-0.25, -0.2) is 9.97 Å². The monoisotopic (exact) mass is 276 g/mol. The van der Waals surface area contributed by atoms with Crippen LogP contribution in [0.2, 0.25) is 0 Å². The predicted octanol–water partition coefficient (Wildman–Crippen LogP) is 3.70. The largest absolute Gasteiger partial charge is 0.383 e. The molecular weight excluding hydrogens is 248 g/mol. The highest BCUT2D eigenvalue weighted by molar-refractivity contribution is 5.55. The number of rotatable bonds is 5. The quantitative estimate of drug-likeness (QED) is 0.860. The van der Waals surface area contributed by atoms with Crippen LogP contribution >= 0.6 is 0 Å². The maximum absolute atomic E-state index is 6.03. The van der Waals surface area contributed by atoms with Crippen LogP contribution in [-0.2, 0) is 6.42 Å². The van der Waals surface area contributed by atoms with E-state index in [2.05, 4.69) is 29.1 Å². The second-order valence-corrected chi connectivity index (χ2v) is 5.95. The van der Waals surface area contributed by atoms with Gasteiger partial charge in [-0.05, 0) is 32.1 Å². The lowest BCUT2D eigenvalue weighted by Crippen LogP contribution is -2.32. The van der Waals surface area contributed by atoms with E-state index in [1.807, 2.05) is 6.92 Å². The third kappa shape index (κ3) is 3.41. The molecule has 0 radical (unpaired) electrons. The fourth-order valence-corrected chi connectivity index (χ4v) is 3.12. The summed E-state index contributed by atoms with van der Waals surface area (Å²) < 4.78 is 0. The lowest BCUT2D eigenvalue weighted by molar-refractivity contribution is 0.316. The van der Waals surface area contributed by atoms with Gasteiger partial charge in [-0.3, -0.25) is 0 Å². The molecule has 1 aromatic rings. The van der Waals surface area contributed by atoms with Gasteiger partial charge in [-0.15, -0.1) is 0 Å². The van der Waals surface area contributed by atoms with E-state index < -0.39 is 0 Å². The van der Waals surface area contributed by atoms with Crippen molar-refractivity contribution in [2.75, 3.05) is 11.1 Å². The van der Waals surface area contributed by atoms with Crippen LogP contribution in [-0.4, -0.2) is 16.0 Å². The van der Waals surface area contributed by atoms with Crippen LogP contribution in [0.3, 0.4) is 0 Å². The third-order valence-electron chi connectivity index (χ3n) is 4.46. The fraction of sp³-hybridized carbons (Fsp3) is 0.750. The molecule has 3 N–H and O–H groups in total. The second-order valence-electron chi connectivity index (χ2n) is 5.95. The number of hydrogen-bond acceptors (Lipinski definition) is 4. The van der Waals surface area contributed by atoms with E-state index in [1.54, 1.807) is 0 Å². The minimum Gasteiger partial charge on any atom is -0.383 e. The molecule has 1 aromatic heterocycles. The van der Waals surface area contributed by atoms with Crippen molar-refractivity contribution < 1.29 is 0 Å². The molecule has 1 saturated carbocycles. The van der Waals surface area contributed by atoms with E-state index >= 15 is 0 Å². The van der Waals surface area contributed by atoms with Crippen molar-refractivity contribution in [3.8, 4) is 0 Å². The molecule has 1 fully saturated rings. The highest BCUT2D eigenvalue weighted by Crippen LogP contribution is 2.30. The number of aryl methyl sites for hydroxylation is 1. The number of nitrogens with zero attached hydrogens (tertiary/aromatic N) is 2. The van der Waals surface area contributed by atoms with Crippen LogP contribution < -0.4 is 11.1 Å². The first-order chi connectivity index (χ1) is 9.65. The SMILES string of the molecule is CCCc1nc(N)c(C)c(NC2CCCCC2CC)n1. The molecule has 4 nitrogen and oxygen atoms in total.